The second-order valence-electron chi connectivity index (χ2n) is 4.99. The number of aryl methyl sites for hydroxylation is 1. The number of benzene rings is 2. The second kappa shape index (κ2) is 6.14. The summed E-state index contributed by atoms with van der Waals surface area (Å²) in [7, 11) is 0. The molecule has 20 heavy (non-hydrogen) atoms. The summed E-state index contributed by atoms with van der Waals surface area (Å²) in [5, 5.41) is 3.32. The van der Waals surface area contributed by atoms with Crippen molar-refractivity contribution < 1.29 is 8.78 Å². The van der Waals surface area contributed by atoms with Crippen LogP contribution >= 0.6 is 0 Å². The molecule has 0 spiro atoms. The van der Waals surface area contributed by atoms with Crippen molar-refractivity contribution in [1.29, 1.82) is 0 Å². The van der Waals surface area contributed by atoms with Gasteiger partial charge in [0.15, 0.2) is 0 Å². The van der Waals surface area contributed by atoms with Gasteiger partial charge in [0, 0.05) is 17.7 Å². The molecule has 2 aromatic carbocycles. The minimum absolute atomic E-state index is 0.199. The van der Waals surface area contributed by atoms with Crippen molar-refractivity contribution in [2.75, 3.05) is 6.54 Å². The van der Waals surface area contributed by atoms with E-state index in [0.717, 1.165) is 23.7 Å². The molecule has 0 heterocycles. The highest BCUT2D eigenvalue weighted by atomic mass is 19.1. The van der Waals surface area contributed by atoms with Gasteiger partial charge in [-0.05, 0) is 49.2 Å². The number of hydrogen-bond acceptors (Lipinski definition) is 1. The first kappa shape index (κ1) is 14.7. The van der Waals surface area contributed by atoms with Crippen LogP contribution in [0.4, 0.5) is 8.78 Å². The minimum atomic E-state index is -0.527. The molecule has 0 saturated carbocycles. The molecule has 0 fully saturated rings. The summed E-state index contributed by atoms with van der Waals surface area (Å²) in [6.45, 7) is 6.62. The molecule has 1 nitrogen and oxygen atoms in total. The number of halogens is 2. The van der Waals surface area contributed by atoms with E-state index >= 15 is 0 Å². The predicted octanol–water partition coefficient (Wildman–Crippen LogP) is 4.61. The number of nitrogens with one attached hydrogen (secondary N) is 1. The quantitative estimate of drug-likeness (QED) is 0.859. The van der Waals surface area contributed by atoms with Gasteiger partial charge in [-0.2, -0.15) is 0 Å². The van der Waals surface area contributed by atoms with E-state index in [4.69, 9.17) is 0 Å². The van der Waals surface area contributed by atoms with E-state index in [9.17, 15) is 8.78 Å². The Bertz CT molecular complexity index is 608. The first-order valence-corrected chi connectivity index (χ1v) is 6.82. The van der Waals surface area contributed by atoms with Crippen molar-refractivity contribution in [3.8, 4) is 11.1 Å². The normalized spacial score (nSPS) is 12.4. The smallest absolute Gasteiger partial charge is 0.133 e. The fraction of sp³-hybridized carbons (Fsp3) is 0.294. The van der Waals surface area contributed by atoms with Crippen molar-refractivity contribution in [2.45, 2.75) is 26.8 Å². The molecule has 106 valence electrons. The number of hydrogen-bond donors (Lipinski definition) is 1. The molecule has 0 aliphatic rings. The molecule has 2 rings (SSSR count). The summed E-state index contributed by atoms with van der Waals surface area (Å²) in [6, 6.07) is 10.4. The lowest BCUT2D eigenvalue weighted by molar-refractivity contribution is 0.579. The van der Waals surface area contributed by atoms with E-state index in [1.165, 1.54) is 0 Å². The third-order valence-corrected chi connectivity index (χ3v) is 3.46. The van der Waals surface area contributed by atoms with Gasteiger partial charge in [0.2, 0.25) is 0 Å². The Morgan fingerprint density at radius 1 is 1.10 bits per heavy atom. The zero-order valence-corrected chi connectivity index (χ0v) is 12.0. The van der Waals surface area contributed by atoms with Crippen LogP contribution in [0.2, 0.25) is 0 Å². The lowest BCUT2D eigenvalue weighted by atomic mass is 9.98. The lowest BCUT2D eigenvalue weighted by Gasteiger charge is -2.14. The SMILES string of the molecule is CCNC(C)c1cccc(-c2cc(C)c(F)cc2F)c1. The highest BCUT2D eigenvalue weighted by Crippen LogP contribution is 2.27. The molecule has 1 atom stereocenters. The summed E-state index contributed by atoms with van der Waals surface area (Å²) >= 11 is 0. The third-order valence-electron chi connectivity index (χ3n) is 3.46. The summed E-state index contributed by atoms with van der Waals surface area (Å²) in [4.78, 5) is 0. The zero-order valence-electron chi connectivity index (χ0n) is 12.0. The average Bonchev–Trinajstić information content (AvgIpc) is 2.43. The van der Waals surface area contributed by atoms with Crippen LogP contribution < -0.4 is 5.32 Å². The monoisotopic (exact) mass is 275 g/mol. The minimum Gasteiger partial charge on any atom is -0.310 e. The Morgan fingerprint density at radius 3 is 2.55 bits per heavy atom. The molecule has 1 N–H and O–H groups in total. The molecular formula is C17H19F2N. The van der Waals surface area contributed by atoms with Crippen LogP contribution in [0.15, 0.2) is 36.4 Å². The van der Waals surface area contributed by atoms with Crippen molar-refractivity contribution in [3.05, 3.63) is 59.2 Å². The van der Waals surface area contributed by atoms with E-state index in [1.54, 1.807) is 13.0 Å². The van der Waals surface area contributed by atoms with E-state index in [1.807, 2.05) is 31.2 Å². The van der Waals surface area contributed by atoms with Crippen LogP contribution in [-0.2, 0) is 0 Å². The molecular weight excluding hydrogens is 256 g/mol. The van der Waals surface area contributed by atoms with E-state index in [0.29, 0.717) is 11.1 Å². The molecule has 0 aliphatic heterocycles. The molecule has 0 radical (unpaired) electrons. The summed E-state index contributed by atoms with van der Waals surface area (Å²) in [5.41, 5.74) is 2.75. The largest absolute Gasteiger partial charge is 0.310 e. The van der Waals surface area contributed by atoms with Crippen LogP contribution in [-0.4, -0.2) is 6.54 Å². The molecule has 0 aromatic heterocycles. The van der Waals surface area contributed by atoms with Gasteiger partial charge >= 0.3 is 0 Å². The summed E-state index contributed by atoms with van der Waals surface area (Å²) < 4.78 is 27.3. The number of rotatable bonds is 4. The highest BCUT2D eigenvalue weighted by Gasteiger charge is 2.11. The maximum Gasteiger partial charge on any atom is 0.133 e. The molecule has 0 bridgehead atoms. The fourth-order valence-corrected chi connectivity index (χ4v) is 2.28. The molecule has 0 aliphatic carbocycles. The van der Waals surface area contributed by atoms with Gasteiger partial charge in [0.1, 0.15) is 11.6 Å². The van der Waals surface area contributed by atoms with Crippen LogP contribution in [0, 0.1) is 18.6 Å². The molecule has 1 unspecified atom stereocenters. The maximum atomic E-state index is 13.9. The maximum absolute atomic E-state index is 13.9. The molecule has 2 aromatic rings. The first-order valence-electron chi connectivity index (χ1n) is 6.82. The Hall–Kier alpha value is -1.74. The van der Waals surface area contributed by atoms with Crippen molar-refractivity contribution in [2.24, 2.45) is 0 Å². The zero-order chi connectivity index (χ0) is 14.7. The van der Waals surface area contributed by atoms with E-state index < -0.39 is 11.6 Å². The van der Waals surface area contributed by atoms with Crippen LogP contribution in [0.25, 0.3) is 11.1 Å². The second-order valence-corrected chi connectivity index (χ2v) is 4.99. The van der Waals surface area contributed by atoms with Gasteiger partial charge in [-0.25, -0.2) is 8.78 Å². The Kier molecular flexibility index (Phi) is 4.50. The third kappa shape index (κ3) is 3.05. The fourth-order valence-electron chi connectivity index (χ4n) is 2.28. The van der Waals surface area contributed by atoms with Gasteiger partial charge in [0.05, 0.1) is 0 Å². The van der Waals surface area contributed by atoms with Gasteiger partial charge in [-0.15, -0.1) is 0 Å². The van der Waals surface area contributed by atoms with Gasteiger partial charge < -0.3 is 5.32 Å². The highest BCUT2D eigenvalue weighted by molar-refractivity contribution is 5.66. The van der Waals surface area contributed by atoms with Gasteiger partial charge in [-0.3, -0.25) is 0 Å². The first-order chi connectivity index (χ1) is 9.52. The Balaban J connectivity index is 2.43. The van der Waals surface area contributed by atoms with E-state index in [2.05, 4.69) is 12.2 Å². The van der Waals surface area contributed by atoms with Gasteiger partial charge in [0.25, 0.3) is 0 Å². The topological polar surface area (TPSA) is 12.0 Å². The van der Waals surface area contributed by atoms with E-state index in [-0.39, 0.29) is 6.04 Å². The average molecular weight is 275 g/mol. The van der Waals surface area contributed by atoms with Gasteiger partial charge in [-0.1, -0.05) is 25.1 Å². The van der Waals surface area contributed by atoms with Crippen LogP contribution in [0.1, 0.15) is 31.0 Å². The Morgan fingerprint density at radius 2 is 1.85 bits per heavy atom. The summed E-state index contributed by atoms with van der Waals surface area (Å²) in [6.07, 6.45) is 0. The standard InChI is InChI=1S/C17H19F2N/c1-4-20-12(3)13-6-5-7-14(9-13)15-8-11(2)16(18)10-17(15)19/h5-10,12,20H,4H2,1-3H3. The summed E-state index contributed by atoms with van der Waals surface area (Å²) in [5.74, 6) is -1.04. The van der Waals surface area contributed by atoms with Crippen molar-refractivity contribution >= 4 is 0 Å². The molecule has 0 saturated heterocycles. The lowest BCUT2D eigenvalue weighted by Crippen LogP contribution is -2.17. The molecule has 3 heteroatoms. The van der Waals surface area contributed by atoms with Crippen LogP contribution in [0.3, 0.4) is 0 Å². The predicted molar refractivity (Wildman–Crippen MR) is 78.6 cm³/mol. The van der Waals surface area contributed by atoms with Crippen molar-refractivity contribution in [3.63, 3.8) is 0 Å². The van der Waals surface area contributed by atoms with Crippen LogP contribution in [0.5, 0.6) is 0 Å². The van der Waals surface area contributed by atoms with Crippen molar-refractivity contribution in [1.82, 2.24) is 5.32 Å². The molecule has 0 amide bonds. The Labute approximate surface area is 118 Å².